The lowest BCUT2D eigenvalue weighted by Crippen LogP contribution is -2.46. The number of esters is 1. The number of benzene rings is 3. The molecule has 3 aliphatic heterocycles. The van der Waals surface area contributed by atoms with Crippen molar-refractivity contribution in [3.8, 4) is 23.0 Å². The van der Waals surface area contributed by atoms with Crippen molar-refractivity contribution in [1.82, 2.24) is 5.43 Å². The van der Waals surface area contributed by atoms with Gasteiger partial charge in [0.25, 0.3) is 17.6 Å². The van der Waals surface area contributed by atoms with E-state index in [0.29, 0.717) is 5.69 Å². The first-order chi connectivity index (χ1) is 29.1. The highest BCUT2D eigenvalue weighted by Crippen LogP contribution is 2.55. The molecule has 3 aliphatic rings. The smallest absolute Gasteiger partial charge is 0.312 e. The number of hydrogen-bond donors (Lipinski definition) is 8. The Balaban J connectivity index is 1.70. The number of hydrogen-bond acceptors (Lipinski definition) is 15. The summed E-state index contributed by atoms with van der Waals surface area (Å²) in [4.78, 5) is 53.4. The molecule has 9 N–H and O–H groups in total. The molecule has 0 saturated carbocycles. The molecule has 17 nitrogen and oxygen atoms in total. The van der Waals surface area contributed by atoms with Crippen molar-refractivity contribution in [1.29, 1.82) is 0 Å². The number of carbonyl (C=O) groups excluding carboxylic acids is 4. The molecule has 0 aliphatic carbocycles. The number of ketones is 1. The van der Waals surface area contributed by atoms with Crippen LogP contribution in [0.3, 0.4) is 0 Å². The highest BCUT2D eigenvalue weighted by atomic mass is 16.7. The molecule has 0 saturated heterocycles. The minimum absolute atomic E-state index is 0.0151. The van der Waals surface area contributed by atoms with Crippen molar-refractivity contribution in [3.05, 3.63) is 82.7 Å². The summed E-state index contributed by atoms with van der Waals surface area (Å²) in [6.07, 6.45) is 4.11. The van der Waals surface area contributed by atoms with Gasteiger partial charge < -0.3 is 55.5 Å². The fourth-order valence-corrected chi connectivity index (χ4v) is 7.73. The summed E-state index contributed by atoms with van der Waals surface area (Å²) >= 11 is 0. The van der Waals surface area contributed by atoms with Gasteiger partial charge in [0.05, 0.1) is 53.0 Å². The molecule has 9 unspecified atom stereocenters. The highest BCUT2D eigenvalue weighted by molar-refractivity contribution is 6.24. The standard InChI is InChI=1S/C45H54N4O13/c1-20-11-10-12-21(2)43(57)48-34-29(19-47-49-44(58)27-13-15-28(46)16-14-27)38(54)31-32(39(34)55)37(53)25(6)41-33(31)42(56)45(8,62-41)60-18-17-30(59-9)22(3)40(61-26(7)50)24(5)36(52)23(4)35(20)51/h10-20,22-24,30,35-36,40,51-55H,46H2,1-9H3,(H,48,57)(H,49,58). The van der Waals surface area contributed by atoms with Crippen LogP contribution in [0.4, 0.5) is 11.4 Å². The topological polar surface area (TPSA) is 269 Å². The largest absolute Gasteiger partial charge is 0.507 e. The van der Waals surface area contributed by atoms with E-state index in [1.54, 1.807) is 33.8 Å². The number of methoxy groups -OCH3 is 1. The zero-order valence-electron chi connectivity index (χ0n) is 35.9. The second-order valence-corrected chi connectivity index (χ2v) is 15.9. The van der Waals surface area contributed by atoms with Gasteiger partial charge in [-0.3, -0.25) is 19.2 Å². The van der Waals surface area contributed by atoms with Crippen LogP contribution in [0.25, 0.3) is 10.8 Å². The zero-order valence-corrected chi connectivity index (χ0v) is 35.9. The molecule has 62 heavy (non-hydrogen) atoms. The summed E-state index contributed by atoms with van der Waals surface area (Å²) in [5.41, 5.74) is 7.63. The summed E-state index contributed by atoms with van der Waals surface area (Å²) in [5, 5.41) is 64.0. The average Bonchev–Trinajstić information content (AvgIpc) is 3.50. The summed E-state index contributed by atoms with van der Waals surface area (Å²) in [7, 11) is 1.41. The molecule has 5 bridgehead atoms. The third-order valence-corrected chi connectivity index (χ3v) is 11.6. The number of nitrogens with zero attached hydrogens (tertiary/aromatic N) is 1. The van der Waals surface area contributed by atoms with Crippen molar-refractivity contribution in [3.63, 3.8) is 0 Å². The van der Waals surface area contributed by atoms with Crippen LogP contribution in [0.2, 0.25) is 0 Å². The Kier molecular flexibility index (Phi) is 14.0. The molecule has 0 radical (unpaired) electrons. The lowest BCUT2D eigenvalue weighted by atomic mass is 9.78. The average molecular weight is 859 g/mol. The van der Waals surface area contributed by atoms with Gasteiger partial charge in [0.15, 0.2) is 5.75 Å². The van der Waals surface area contributed by atoms with Crippen LogP contribution in [-0.2, 0) is 23.8 Å². The maximum Gasteiger partial charge on any atom is 0.312 e. The molecule has 2 amide bonds. The SMILES string of the molecule is COC1C=COC2(C)Oc3c(C)c(O)c4c(O)c(c(C=NNC(=O)c5ccc(N)cc5)c(O)c4c3C2=O)NC(=O)C(C)=CC=CC(C)C(O)C(C)C(O)C(C)C(OC(C)=O)C1C. The molecule has 6 rings (SSSR count). The quantitative estimate of drug-likeness (QED) is 0.0415. The van der Waals surface area contributed by atoms with E-state index >= 15 is 0 Å². The Labute approximate surface area is 358 Å². The Bertz CT molecular complexity index is 2370. The van der Waals surface area contributed by atoms with Crippen molar-refractivity contribution in [2.24, 2.45) is 28.8 Å². The number of allylic oxidation sites excluding steroid dienone is 2. The third kappa shape index (κ3) is 9.10. The van der Waals surface area contributed by atoms with Crippen LogP contribution in [0.1, 0.15) is 80.3 Å². The fourth-order valence-electron chi connectivity index (χ4n) is 7.73. The molecular formula is C45H54N4O13. The Morgan fingerprint density at radius 1 is 0.935 bits per heavy atom. The first kappa shape index (κ1) is 46.6. The Hall–Kier alpha value is -6.43. The number of fused-ring (bicyclic) bond motifs is 14. The number of ether oxygens (including phenoxy) is 4. The van der Waals surface area contributed by atoms with E-state index in [1.165, 1.54) is 77.3 Å². The number of nitrogens with two attached hydrogens (primary N) is 1. The van der Waals surface area contributed by atoms with Crippen LogP contribution in [0.15, 0.2) is 65.5 Å². The number of carbonyl (C=O) groups is 4. The van der Waals surface area contributed by atoms with E-state index < -0.39 is 106 Å². The number of anilines is 2. The van der Waals surface area contributed by atoms with E-state index in [4.69, 9.17) is 24.7 Å². The number of aliphatic hydroxyl groups is 2. The lowest BCUT2D eigenvalue weighted by Gasteiger charge is -2.38. The predicted molar refractivity (Wildman–Crippen MR) is 230 cm³/mol. The van der Waals surface area contributed by atoms with Crippen LogP contribution in [-0.4, -0.2) is 92.6 Å². The monoisotopic (exact) mass is 858 g/mol. The van der Waals surface area contributed by atoms with Crippen molar-refractivity contribution in [2.45, 2.75) is 85.6 Å². The number of nitrogen functional groups attached to an aromatic ring is 1. The number of rotatable bonds is 5. The van der Waals surface area contributed by atoms with Crippen molar-refractivity contribution >= 4 is 51.9 Å². The molecule has 9 atom stereocenters. The van der Waals surface area contributed by atoms with Gasteiger partial charge in [0.2, 0.25) is 0 Å². The van der Waals surface area contributed by atoms with Crippen LogP contribution < -0.4 is 21.2 Å². The molecule has 3 aromatic carbocycles. The molecule has 0 fully saturated rings. The van der Waals surface area contributed by atoms with Gasteiger partial charge in [-0.1, -0.05) is 45.9 Å². The second-order valence-electron chi connectivity index (χ2n) is 15.9. The molecule has 0 aromatic heterocycles. The molecular weight excluding hydrogens is 805 g/mol. The van der Waals surface area contributed by atoms with Gasteiger partial charge in [-0.2, -0.15) is 5.10 Å². The van der Waals surface area contributed by atoms with Crippen molar-refractivity contribution in [2.75, 3.05) is 18.2 Å². The van der Waals surface area contributed by atoms with Crippen LogP contribution >= 0.6 is 0 Å². The van der Waals surface area contributed by atoms with Gasteiger partial charge in [0, 0.05) is 72.4 Å². The first-order valence-corrected chi connectivity index (χ1v) is 19.9. The van der Waals surface area contributed by atoms with Gasteiger partial charge >= 0.3 is 11.8 Å². The number of nitrogens with one attached hydrogen (secondary N) is 2. The maximum absolute atomic E-state index is 14.4. The molecule has 17 heteroatoms. The molecule has 3 heterocycles. The van der Waals surface area contributed by atoms with E-state index in [0.717, 1.165) is 12.5 Å². The summed E-state index contributed by atoms with van der Waals surface area (Å²) in [5.74, 6) is -9.93. The Morgan fingerprint density at radius 3 is 2.23 bits per heavy atom. The second kappa shape index (κ2) is 18.7. The summed E-state index contributed by atoms with van der Waals surface area (Å²) in [6.45, 7) is 12.2. The number of aromatic hydroxyl groups is 3. The van der Waals surface area contributed by atoms with Gasteiger partial charge in [-0.15, -0.1) is 0 Å². The van der Waals surface area contributed by atoms with E-state index in [1.807, 2.05) is 0 Å². The van der Waals surface area contributed by atoms with E-state index in [-0.39, 0.29) is 39.0 Å². The summed E-state index contributed by atoms with van der Waals surface area (Å²) in [6, 6.07) is 5.93. The van der Waals surface area contributed by atoms with E-state index in [2.05, 4.69) is 15.8 Å². The van der Waals surface area contributed by atoms with Gasteiger partial charge in [-0.25, -0.2) is 5.43 Å². The predicted octanol–water partition coefficient (Wildman–Crippen LogP) is 5.10. The number of hydrazone groups is 1. The third-order valence-electron chi connectivity index (χ3n) is 11.6. The van der Waals surface area contributed by atoms with Gasteiger partial charge in [0.1, 0.15) is 23.4 Å². The number of amides is 2. The van der Waals surface area contributed by atoms with Crippen LogP contribution in [0, 0.1) is 30.6 Å². The Morgan fingerprint density at radius 2 is 1.60 bits per heavy atom. The number of Topliss-reactive ketones (excluding diaryl/α,β-unsaturated/α-hetero) is 1. The number of phenols is 3. The minimum Gasteiger partial charge on any atom is -0.507 e. The molecule has 3 aromatic rings. The van der Waals surface area contributed by atoms with Crippen molar-refractivity contribution < 1.29 is 63.7 Å². The first-order valence-electron chi connectivity index (χ1n) is 19.9. The maximum atomic E-state index is 14.4. The van der Waals surface area contributed by atoms with Crippen LogP contribution in [0.5, 0.6) is 23.0 Å². The minimum atomic E-state index is -2.12. The molecule has 0 spiro atoms. The lowest BCUT2D eigenvalue weighted by molar-refractivity contribution is -0.160. The number of aliphatic hydroxyl groups excluding tert-OH is 2. The number of phenolic OH excluding ortho intramolecular Hbond substituents is 3. The normalized spacial score (nSPS) is 27.2. The zero-order chi connectivity index (χ0) is 46.0. The fraction of sp³-hybridized carbons (Fsp3) is 0.400. The highest BCUT2D eigenvalue weighted by Gasteiger charge is 2.50. The van der Waals surface area contributed by atoms with Gasteiger partial charge in [-0.05, 0) is 44.2 Å². The summed E-state index contributed by atoms with van der Waals surface area (Å²) < 4.78 is 23.5. The van der Waals surface area contributed by atoms with E-state index in [9.17, 15) is 44.7 Å². The molecule has 332 valence electrons.